The standard InChI is InChI=1S/C11H20N2O/c1-3-5-11(14)13-7-4-6-10(8-13)9(2)12/h3,5,9-10H,4,6-8,12H2,1-2H3/b5-3+. The van der Waals surface area contributed by atoms with Crippen LogP contribution in [0, 0.1) is 5.92 Å². The molecule has 0 aromatic carbocycles. The highest BCUT2D eigenvalue weighted by Crippen LogP contribution is 2.18. The van der Waals surface area contributed by atoms with Gasteiger partial charge in [0.15, 0.2) is 0 Å². The number of hydrogen-bond acceptors (Lipinski definition) is 2. The van der Waals surface area contributed by atoms with Crippen molar-refractivity contribution in [3.63, 3.8) is 0 Å². The second-order valence-electron chi connectivity index (χ2n) is 4.05. The molecule has 3 heteroatoms. The van der Waals surface area contributed by atoms with Crippen molar-refractivity contribution in [2.75, 3.05) is 13.1 Å². The fourth-order valence-electron chi connectivity index (χ4n) is 1.89. The van der Waals surface area contributed by atoms with Crippen LogP contribution < -0.4 is 5.73 Å². The van der Waals surface area contributed by atoms with Crippen molar-refractivity contribution < 1.29 is 4.79 Å². The van der Waals surface area contributed by atoms with E-state index in [-0.39, 0.29) is 11.9 Å². The van der Waals surface area contributed by atoms with E-state index >= 15 is 0 Å². The van der Waals surface area contributed by atoms with Gasteiger partial charge in [-0.25, -0.2) is 0 Å². The highest BCUT2D eigenvalue weighted by Gasteiger charge is 2.24. The molecule has 1 aliphatic heterocycles. The summed E-state index contributed by atoms with van der Waals surface area (Å²) in [5.41, 5.74) is 5.85. The summed E-state index contributed by atoms with van der Waals surface area (Å²) >= 11 is 0. The third-order valence-corrected chi connectivity index (χ3v) is 2.82. The van der Waals surface area contributed by atoms with Crippen LogP contribution in [0.5, 0.6) is 0 Å². The molecule has 1 aliphatic rings. The van der Waals surface area contributed by atoms with Gasteiger partial charge in [-0.05, 0) is 38.7 Å². The minimum absolute atomic E-state index is 0.123. The van der Waals surface area contributed by atoms with Gasteiger partial charge in [-0.3, -0.25) is 4.79 Å². The molecule has 1 rings (SSSR count). The lowest BCUT2D eigenvalue weighted by molar-refractivity contribution is -0.127. The van der Waals surface area contributed by atoms with Crippen molar-refractivity contribution in [1.82, 2.24) is 4.90 Å². The van der Waals surface area contributed by atoms with E-state index in [1.807, 2.05) is 18.7 Å². The average Bonchev–Trinajstić information content (AvgIpc) is 2.18. The van der Waals surface area contributed by atoms with Crippen LogP contribution in [0.15, 0.2) is 12.2 Å². The second kappa shape index (κ2) is 5.15. The van der Waals surface area contributed by atoms with Gasteiger partial charge in [0.1, 0.15) is 0 Å². The lowest BCUT2D eigenvalue weighted by Crippen LogP contribution is -2.44. The Morgan fingerprint density at radius 1 is 1.64 bits per heavy atom. The maximum Gasteiger partial charge on any atom is 0.246 e. The molecule has 3 nitrogen and oxygen atoms in total. The number of carbonyl (C=O) groups excluding carboxylic acids is 1. The quantitative estimate of drug-likeness (QED) is 0.673. The molecule has 14 heavy (non-hydrogen) atoms. The van der Waals surface area contributed by atoms with Gasteiger partial charge < -0.3 is 10.6 Å². The van der Waals surface area contributed by atoms with Crippen LogP contribution in [0.4, 0.5) is 0 Å². The average molecular weight is 196 g/mol. The predicted octanol–water partition coefficient (Wildman–Crippen LogP) is 1.15. The molecule has 0 radical (unpaired) electrons. The van der Waals surface area contributed by atoms with E-state index in [1.54, 1.807) is 12.2 Å². The number of hydrogen-bond donors (Lipinski definition) is 1. The molecule has 0 saturated carbocycles. The van der Waals surface area contributed by atoms with Crippen molar-refractivity contribution in [3.8, 4) is 0 Å². The molecule has 1 heterocycles. The van der Waals surface area contributed by atoms with Gasteiger partial charge in [-0.15, -0.1) is 0 Å². The zero-order valence-corrected chi connectivity index (χ0v) is 9.07. The monoisotopic (exact) mass is 196 g/mol. The van der Waals surface area contributed by atoms with Crippen molar-refractivity contribution in [2.45, 2.75) is 32.7 Å². The lowest BCUT2D eigenvalue weighted by atomic mass is 9.92. The number of amides is 1. The Balaban J connectivity index is 2.51. The first-order chi connectivity index (χ1) is 6.65. The maximum absolute atomic E-state index is 11.6. The van der Waals surface area contributed by atoms with Crippen molar-refractivity contribution in [1.29, 1.82) is 0 Å². The summed E-state index contributed by atoms with van der Waals surface area (Å²) in [6.45, 7) is 5.59. The minimum Gasteiger partial charge on any atom is -0.339 e. The topological polar surface area (TPSA) is 46.3 Å². The highest BCUT2D eigenvalue weighted by molar-refractivity contribution is 5.87. The molecule has 0 bridgehead atoms. The van der Waals surface area contributed by atoms with Gasteiger partial charge in [0.05, 0.1) is 0 Å². The molecule has 0 aromatic rings. The third-order valence-electron chi connectivity index (χ3n) is 2.82. The molecule has 0 aliphatic carbocycles. The zero-order valence-electron chi connectivity index (χ0n) is 9.07. The highest BCUT2D eigenvalue weighted by atomic mass is 16.2. The third kappa shape index (κ3) is 2.84. The van der Waals surface area contributed by atoms with Crippen LogP contribution in [0.25, 0.3) is 0 Å². The van der Waals surface area contributed by atoms with Gasteiger partial charge in [-0.1, -0.05) is 6.08 Å². The Labute approximate surface area is 86.0 Å². The van der Waals surface area contributed by atoms with Crippen molar-refractivity contribution in [2.24, 2.45) is 11.7 Å². The second-order valence-corrected chi connectivity index (χ2v) is 4.05. The summed E-state index contributed by atoms with van der Waals surface area (Å²) in [7, 11) is 0. The summed E-state index contributed by atoms with van der Waals surface area (Å²) in [5, 5.41) is 0. The largest absolute Gasteiger partial charge is 0.339 e. The molecule has 80 valence electrons. The van der Waals surface area contributed by atoms with E-state index in [0.717, 1.165) is 25.9 Å². The summed E-state index contributed by atoms with van der Waals surface area (Å²) in [5.74, 6) is 0.593. The molecule has 1 amide bonds. The number of likely N-dealkylation sites (tertiary alicyclic amines) is 1. The molecule has 2 unspecified atom stereocenters. The summed E-state index contributed by atoms with van der Waals surface area (Å²) in [6, 6.07) is 0.191. The number of carbonyl (C=O) groups is 1. The van der Waals surface area contributed by atoms with Gasteiger partial charge in [0, 0.05) is 19.1 Å². The van der Waals surface area contributed by atoms with E-state index in [4.69, 9.17) is 5.73 Å². The maximum atomic E-state index is 11.6. The summed E-state index contributed by atoms with van der Waals surface area (Å²) in [6.07, 6.45) is 5.65. The molecule has 0 aromatic heterocycles. The Kier molecular flexibility index (Phi) is 4.14. The van der Waals surface area contributed by atoms with E-state index < -0.39 is 0 Å². The molecule has 1 fully saturated rings. The first kappa shape index (κ1) is 11.2. The normalized spacial score (nSPS) is 25.4. The molecule has 0 spiro atoms. The van der Waals surface area contributed by atoms with Crippen LogP contribution in [-0.4, -0.2) is 29.9 Å². The van der Waals surface area contributed by atoms with Gasteiger partial charge in [0.25, 0.3) is 0 Å². The number of rotatable bonds is 2. The number of allylic oxidation sites excluding steroid dienone is 1. The van der Waals surface area contributed by atoms with Crippen LogP contribution in [0.1, 0.15) is 26.7 Å². The lowest BCUT2D eigenvalue weighted by Gasteiger charge is -2.34. The minimum atomic E-state index is 0.123. The van der Waals surface area contributed by atoms with E-state index in [0.29, 0.717) is 5.92 Å². The zero-order chi connectivity index (χ0) is 10.6. The molecular formula is C11H20N2O. The van der Waals surface area contributed by atoms with Crippen LogP contribution in [0.3, 0.4) is 0 Å². The number of nitrogens with two attached hydrogens (primary N) is 1. The Bertz CT molecular complexity index is 223. The number of piperidine rings is 1. The molecule has 1 saturated heterocycles. The Morgan fingerprint density at radius 3 is 2.93 bits per heavy atom. The van der Waals surface area contributed by atoms with Crippen LogP contribution >= 0.6 is 0 Å². The molecular weight excluding hydrogens is 176 g/mol. The van der Waals surface area contributed by atoms with E-state index in [9.17, 15) is 4.79 Å². The van der Waals surface area contributed by atoms with E-state index in [2.05, 4.69) is 0 Å². The summed E-state index contributed by atoms with van der Waals surface area (Å²) in [4.78, 5) is 13.5. The van der Waals surface area contributed by atoms with Crippen LogP contribution in [-0.2, 0) is 4.79 Å². The molecule has 2 N–H and O–H groups in total. The first-order valence-electron chi connectivity index (χ1n) is 5.32. The predicted molar refractivity (Wildman–Crippen MR) is 57.8 cm³/mol. The van der Waals surface area contributed by atoms with Gasteiger partial charge >= 0.3 is 0 Å². The van der Waals surface area contributed by atoms with Crippen LogP contribution in [0.2, 0.25) is 0 Å². The Morgan fingerprint density at radius 2 is 2.36 bits per heavy atom. The SMILES string of the molecule is C/C=C/C(=O)N1CCCC(C(C)N)C1. The first-order valence-corrected chi connectivity index (χ1v) is 5.32. The molecule has 2 atom stereocenters. The Hall–Kier alpha value is -0.830. The van der Waals surface area contributed by atoms with Gasteiger partial charge in [-0.2, -0.15) is 0 Å². The van der Waals surface area contributed by atoms with Gasteiger partial charge in [0.2, 0.25) is 5.91 Å². The fraction of sp³-hybridized carbons (Fsp3) is 0.727. The van der Waals surface area contributed by atoms with E-state index in [1.165, 1.54) is 0 Å². The summed E-state index contributed by atoms with van der Waals surface area (Å²) < 4.78 is 0. The smallest absolute Gasteiger partial charge is 0.246 e. The number of nitrogens with zero attached hydrogens (tertiary/aromatic N) is 1. The fourth-order valence-corrected chi connectivity index (χ4v) is 1.89. The van der Waals surface area contributed by atoms with Crippen molar-refractivity contribution >= 4 is 5.91 Å². The van der Waals surface area contributed by atoms with Crippen molar-refractivity contribution in [3.05, 3.63) is 12.2 Å².